The van der Waals surface area contributed by atoms with Crippen molar-refractivity contribution in [2.24, 2.45) is 0 Å². The molecule has 0 aliphatic carbocycles. The maximum absolute atomic E-state index is 14.1. The first kappa shape index (κ1) is 26.7. The van der Waals surface area contributed by atoms with E-state index >= 15 is 0 Å². The Balaban J connectivity index is 1.84. The second-order valence-electron chi connectivity index (χ2n) is 7.94. The minimum atomic E-state index is -0.771. The Kier molecular flexibility index (Phi) is 10.1. The first-order chi connectivity index (χ1) is 16.9. The molecule has 0 bridgehead atoms. The molecule has 4 nitrogen and oxygen atoms in total. The number of halogens is 3. The zero-order chi connectivity index (χ0) is 25.2. The molecule has 3 aromatic rings. The third kappa shape index (κ3) is 7.80. The van der Waals surface area contributed by atoms with Gasteiger partial charge in [-0.25, -0.2) is 8.78 Å². The van der Waals surface area contributed by atoms with E-state index in [2.05, 4.69) is 5.32 Å². The van der Waals surface area contributed by atoms with Crippen LogP contribution in [-0.2, 0) is 28.3 Å². The maximum atomic E-state index is 14.1. The number of carbonyl (C=O) groups is 2. The normalized spacial score (nSPS) is 11.7. The van der Waals surface area contributed by atoms with Crippen molar-refractivity contribution in [2.45, 2.75) is 31.7 Å². The van der Waals surface area contributed by atoms with Crippen LogP contribution in [0.4, 0.5) is 8.78 Å². The van der Waals surface area contributed by atoms with Gasteiger partial charge < -0.3 is 10.2 Å². The summed E-state index contributed by atoms with van der Waals surface area (Å²) >= 11 is 7.34. The number of hydrogen-bond acceptors (Lipinski definition) is 3. The predicted molar refractivity (Wildman–Crippen MR) is 137 cm³/mol. The molecule has 0 saturated carbocycles. The fourth-order valence-electron chi connectivity index (χ4n) is 3.63. The Bertz CT molecular complexity index is 1110. The lowest BCUT2D eigenvalue weighted by Crippen LogP contribution is -2.51. The van der Waals surface area contributed by atoms with Gasteiger partial charge in [0.2, 0.25) is 11.8 Å². The second-order valence-corrected chi connectivity index (χ2v) is 9.33. The zero-order valence-electron chi connectivity index (χ0n) is 19.3. The molecule has 0 aliphatic heterocycles. The van der Waals surface area contributed by atoms with Crippen molar-refractivity contribution in [3.63, 3.8) is 0 Å². The van der Waals surface area contributed by atoms with Gasteiger partial charge in [0.05, 0.1) is 5.75 Å². The van der Waals surface area contributed by atoms with Crippen LogP contribution in [0.25, 0.3) is 0 Å². The van der Waals surface area contributed by atoms with E-state index < -0.39 is 11.9 Å². The molecule has 1 unspecified atom stereocenters. The topological polar surface area (TPSA) is 49.4 Å². The fourth-order valence-corrected chi connectivity index (χ4v) is 4.88. The van der Waals surface area contributed by atoms with E-state index in [-0.39, 0.29) is 35.7 Å². The number of amides is 2. The van der Waals surface area contributed by atoms with Gasteiger partial charge in [0.1, 0.15) is 17.7 Å². The average Bonchev–Trinajstić information content (AvgIpc) is 2.85. The van der Waals surface area contributed by atoms with Crippen molar-refractivity contribution in [3.8, 4) is 0 Å². The number of rotatable bonds is 11. The molecule has 0 fully saturated rings. The predicted octanol–water partition coefficient (Wildman–Crippen LogP) is 5.63. The standard InChI is InChI=1S/C27H27ClF2N2O2S/c1-2-31-27(34)25(15-19-7-4-3-5-8-19)32(16-20-11-13-21(29)14-12-20)26(33)18-35-17-22-23(28)9-6-10-24(22)30/h3-14,25H,2,15-18H2,1H3,(H,31,34). The van der Waals surface area contributed by atoms with Gasteiger partial charge in [-0.15, -0.1) is 11.8 Å². The molecule has 0 radical (unpaired) electrons. The van der Waals surface area contributed by atoms with Gasteiger partial charge in [-0.3, -0.25) is 9.59 Å². The van der Waals surface area contributed by atoms with Crippen LogP contribution in [0, 0.1) is 11.6 Å². The highest BCUT2D eigenvalue weighted by Crippen LogP contribution is 2.25. The van der Waals surface area contributed by atoms with Gasteiger partial charge in [-0.05, 0) is 42.3 Å². The van der Waals surface area contributed by atoms with Crippen molar-refractivity contribution in [1.29, 1.82) is 0 Å². The highest BCUT2D eigenvalue weighted by Gasteiger charge is 2.30. The Morgan fingerprint density at radius 1 is 0.971 bits per heavy atom. The summed E-state index contributed by atoms with van der Waals surface area (Å²) in [6.07, 6.45) is 0.323. The summed E-state index contributed by atoms with van der Waals surface area (Å²) in [6, 6.07) is 19.0. The van der Waals surface area contributed by atoms with E-state index in [1.807, 2.05) is 37.3 Å². The molecule has 184 valence electrons. The van der Waals surface area contributed by atoms with Crippen molar-refractivity contribution in [3.05, 3.63) is 106 Å². The third-order valence-electron chi connectivity index (χ3n) is 5.42. The minimum Gasteiger partial charge on any atom is -0.355 e. The highest BCUT2D eigenvalue weighted by molar-refractivity contribution is 7.99. The van der Waals surface area contributed by atoms with Gasteiger partial charge in [0, 0.05) is 35.8 Å². The van der Waals surface area contributed by atoms with Crippen LogP contribution in [0.5, 0.6) is 0 Å². The lowest BCUT2D eigenvalue weighted by Gasteiger charge is -2.31. The summed E-state index contributed by atoms with van der Waals surface area (Å²) in [5, 5.41) is 3.13. The summed E-state index contributed by atoms with van der Waals surface area (Å²) < 4.78 is 27.6. The number of thioether (sulfide) groups is 1. The number of benzene rings is 3. The molecule has 3 rings (SSSR count). The van der Waals surface area contributed by atoms with Crippen LogP contribution in [0.2, 0.25) is 5.02 Å². The lowest BCUT2D eigenvalue weighted by molar-refractivity contribution is -0.139. The van der Waals surface area contributed by atoms with Crippen LogP contribution in [0.15, 0.2) is 72.8 Å². The summed E-state index contributed by atoms with van der Waals surface area (Å²) in [6.45, 7) is 2.37. The summed E-state index contributed by atoms with van der Waals surface area (Å²) in [7, 11) is 0. The summed E-state index contributed by atoms with van der Waals surface area (Å²) in [4.78, 5) is 28.0. The quantitative estimate of drug-likeness (QED) is 0.359. The van der Waals surface area contributed by atoms with Crippen LogP contribution < -0.4 is 5.32 Å². The molecular formula is C27H27ClF2N2O2S. The van der Waals surface area contributed by atoms with E-state index in [0.717, 1.165) is 5.56 Å². The molecule has 35 heavy (non-hydrogen) atoms. The molecule has 0 aromatic heterocycles. The molecule has 0 spiro atoms. The van der Waals surface area contributed by atoms with Gasteiger partial charge in [-0.2, -0.15) is 0 Å². The number of carbonyl (C=O) groups excluding carboxylic acids is 2. The monoisotopic (exact) mass is 516 g/mol. The first-order valence-corrected chi connectivity index (χ1v) is 12.8. The Hall–Kier alpha value is -2.90. The number of hydrogen-bond donors (Lipinski definition) is 1. The average molecular weight is 517 g/mol. The Morgan fingerprint density at radius 2 is 1.69 bits per heavy atom. The largest absolute Gasteiger partial charge is 0.355 e. The Labute approximate surface area is 213 Å². The van der Waals surface area contributed by atoms with Crippen LogP contribution in [-0.4, -0.2) is 35.1 Å². The molecule has 8 heteroatoms. The molecule has 2 amide bonds. The van der Waals surface area contributed by atoms with Crippen molar-refractivity contribution in [2.75, 3.05) is 12.3 Å². The SMILES string of the molecule is CCNC(=O)C(Cc1ccccc1)N(Cc1ccc(F)cc1)C(=O)CSCc1c(F)cccc1Cl. The van der Waals surface area contributed by atoms with E-state index in [9.17, 15) is 18.4 Å². The van der Waals surface area contributed by atoms with Gasteiger partial charge in [0.15, 0.2) is 0 Å². The van der Waals surface area contributed by atoms with Crippen molar-refractivity contribution >= 4 is 35.2 Å². The molecule has 0 saturated heterocycles. The summed E-state index contributed by atoms with van der Waals surface area (Å²) in [5.41, 5.74) is 1.94. The van der Waals surface area contributed by atoms with Crippen molar-refractivity contribution in [1.82, 2.24) is 10.2 Å². The van der Waals surface area contributed by atoms with E-state index in [1.165, 1.54) is 40.9 Å². The number of nitrogens with zero attached hydrogens (tertiary/aromatic N) is 1. The first-order valence-electron chi connectivity index (χ1n) is 11.2. The third-order valence-corrected chi connectivity index (χ3v) is 6.72. The van der Waals surface area contributed by atoms with Crippen LogP contribution in [0.3, 0.4) is 0 Å². The Morgan fingerprint density at radius 3 is 2.34 bits per heavy atom. The van der Waals surface area contributed by atoms with Gasteiger partial charge >= 0.3 is 0 Å². The van der Waals surface area contributed by atoms with Crippen LogP contribution >= 0.6 is 23.4 Å². The smallest absolute Gasteiger partial charge is 0.243 e. The molecular weight excluding hydrogens is 490 g/mol. The molecule has 0 aliphatic rings. The molecule has 1 atom stereocenters. The van der Waals surface area contributed by atoms with E-state index in [4.69, 9.17) is 11.6 Å². The molecule has 0 heterocycles. The van der Waals surface area contributed by atoms with E-state index in [0.29, 0.717) is 29.1 Å². The lowest BCUT2D eigenvalue weighted by atomic mass is 10.0. The van der Waals surface area contributed by atoms with Crippen LogP contribution in [0.1, 0.15) is 23.6 Å². The highest BCUT2D eigenvalue weighted by atomic mass is 35.5. The van der Waals surface area contributed by atoms with Crippen molar-refractivity contribution < 1.29 is 18.4 Å². The maximum Gasteiger partial charge on any atom is 0.243 e. The van der Waals surface area contributed by atoms with Gasteiger partial charge in [0.25, 0.3) is 0 Å². The second kappa shape index (κ2) is 13.3. The molecule has 3 aromatic carbocycles. The van der Waals surface area contributed by atoms with Gasteiger partial charge in [-0.1, -0.05) is 60.1 Å². The fraction of sp³-hybridized carbons (Fsp3) is 0.259. The van der Waals surface area contributed by atoms with E-state index in [1.54, 1.807) is 18.2 Å². The zero-order valence-corrected chi connectivity index (χ0v) is 20.9. The number of nitrogens with one attached hydrogen (secondary N) is 1. The summed E-state index contributed by atoms with van der Waals surface area (Å²) in [5.74, 6) is -1.12. The number of likely N-dealkylation sites (N-methyl/N-ethyl adjacent to an activating group) is 1. The minimum absolute atomic E-state index is 0.0244. The molecule has 1 N–H and O–H groups in total.